The zero-order chi connectivity index (χ0) is 19.7. The molecule has 7 heteroatoms. The molecule has 0 aliphatic heterocycles. The van der Waals surface area contributed by atoms with Crippen LogP contribution in [0, 0.1) is 11.8 Å². The van der Waals surface area contributed by atoms with E-state index in [1.54, 1.807) is 18.5 Å². The normalized spacial score (nSPS) is 27.1. The van der Waals surface area contributed by atoms with Crippen molar-refractivity contribution >= 4 is 38.6 Å². The van der Waals surface area contributed by atoms with E-state index in [0.717, 1.165) is 53.9 Å². The summed E-state index contributed by atoms with van der Waals surface area (Å²) in [4.78, 5) is 34.0. The lowest BCUT2D eigenvalue weighted by Gasteiger charge is -2.37. The maximum Gasteiger partial charge on any atom is 0.270 e. The number of amides is 2. The fourth-order valence-corrected chi connectivity index (χ4v) is 4.64. The second kappa shape index (κ2) is 8.15. The Bertz CT molecular complexity index is 903. The van der Waals surface area contributed by atoms with Crippen molar-refractivity contribution < 1.29 is 9.59 Å². The SMILES string of the molecule is CC1CCC1C(=O)N[C@@H]1CCCC[C@H]1NC(=O)c1ccc2cncc(Br)c2n1. The summed E-state index contributed by atoms with van der Waals surface area (Å²) in [6, 6.07) is 3.51. The molecular weight excluding hydrogens is 420 g/mol. The Labute approximate surface area is 173 Å². The van der Waals surface area contributed by atoms with Crippen LogP contribution in [0.2, 0.25) is 0 Å². The molecule has 2 N–H and O–H groups in total. The Balaban J connectivity index is 1.46. The summed E-state index contributed by atoms with van der Waals surface area (Å²) >= 11 is 3.44. The summed E-state index contributed by atoms with van der Waals surface area (Å²) in [6.45, 7) is 2.13. The average molecular weight is 445 g/mol. The van der Waals surface area contributed by atoms with Crippen molar-refractivity contribution in [1.29, 1.82) is 0 Å². The van der Waals surface area contributed by atoms with Gasteiger partial charge in [0.15, 0.2) is 0 Å². The highest BCUT2D eigenvalue weighted by Crippen LogP contribution is 2.34. The molecule has 2 aliphatic carbocycles. The second-order valence-electron chi connectivity index (χ2n) is 8.03. The molecule has 6 nitrogen and oxygen atoms in total. The third kappa shape index (κ3) is 3.90. The Morgan fingerprint density at radius 3 is 2.46 bits per heavy atom. The summed E-state index contributed by atoms with van der Waals surface area (Å²) in [5.41, 5.74) is 1.10. The zero-order valence-electron chi connectivity index (χ0n) is 16.0. The first-order chi connectivity index (χ1) is 13.5. The number of pyridine rings is 2. The Morgan fingerprint density at radius 2 is 1.79 bits per heavy atom. The molecule has 0 bridgehead atoms. The Kier molecular flexibility index (Phi) is 5.62. The van der Waals surface area contributed by atoms with Crippen LogP contribution in [0.15, 0.2) is 29.0 Å². The maximum atomic E-state index is 12.8. The van der Waals surface area contributed by atoms with Gasteiger partial charge >= 0.3 is 0 Å². The number of rotatable bonds is 4. The minimum Gasteiger partial charge on any atom is -0.351 e. The van der Waals surface area contributed by atoms with E-state index in [1.165, 1.54) is 0 Å². The number of hydrogen-bond acceptors (Lipinski definition) is 4. The summed E-state index contributed by atoms with van der Waals surface area (Å²) in [7, 11) is 0. The topological polar surface area (TPSA) is 84.0 Å². The van der Waals surface area contributed by atoms with Crippen molar-refractivity contribution in [3.63, 3.8) is 0 Å². The molecule has 0 aromatic carbocycles. The standard InChI is InChI=1S/C21H25BrN4O2/c1-12-6-8-14(12)20(27)25-16-4-2-3-5-17(16)26-21(28)18-9-7-13-10-23-11-15(22)19(13)24-18/h7,9-12,14,16-17H,2-6,8H2,1H3,(H,25,27)(H,26,28)/t12?,14?,16-,17-/m1/s1. The quantitative estimate of drug-likeness (QED) is 0.754. The molecule has 4 rings (SSSR count). The molecule has 2 aromatic rings. The van der Waals surface area contributed by atoms with Gasteiger partial charge in [-0.15, -0.1) is 0 Å². The van der Waals surface area contributed by atoms with Gasteiger partial charge in [-0.05, 0) is 59.7 Å². The lowest BCUT2D eigenvalue weighted by atomic mass is 9.74. The van der Waals surface area contributed by atoms with Crippen LogP contribution in [0.3, 0.4) is 0 Å². The smallest absolute Gasteiger partial charge is 0.270 e. The number of fused-ring (bicyclic) bond motifs is 1. The minimum absolute atomic E-state index is 0.00519. The second-order valence-corrected chi connectivity index (χ2v) is 8.88. The average Bonchev–Trinajstić information content (AvgIpc) is 2.68. The Morgan fingerprint density at radius 1 is 1.04 bits per heavy atom. The number of hydrogen-bond donors (Lipinski definition) is 2. The van der Waals surface area contributed by atoms with Gasteiger partial charge in [0.05, 0.1) is 9.99 Å². The van der Waals surface area contributed by atoms with E-state index in [1.807, 2.05) is 6.07 Å². The van der Waals surface area contributed by atoms with Gasteiger partial charge in [-0.25, -0.2) is 4.98 Å². The van der Waals surface area contributed by atoms with Crippen LogP contribution >= 0.6 is 15.9 Å². The van der Waals surface area contributed by atoms with Crippen LogP contribution in [0.5, 0.6) is 0 Å². The van der Waals surface area contributed by atoms with E-state index in [9.17, 15) is 9.59 Å². The molecule has 2 saturated carbocycles. The van der Waals surface area contributed by atoms with Crippen LogP contribution < -0.4 is 10.6 Å². The molecule has 0 spiro atoms. The highest BCUT2D eigenvalue weighted by Gasteiger charge is 2.36. The molecule has 2 aliphatic rings. The van der Waals surface area contributed by atoms with Gasteiger partial charge in [0.25, 0.3) is 5.91 Å². The van der Waals surface area contributed by atoms with Crippen molar-refractivity contribution in [3.05, 3.63) is 34.7 Å². The van der Waals surface area contributed by atoms with E-state index in [0.29, 0.717) is 11.6 Å². The fraction of sp³-hybridized carbons (Fsp3) is 0.524. The van der Waals surface area contributed by atoms with Gasteiger partial charge in [0.2, 0.25) is 5.91 Å². The molecule has 0 radical (unpaired) electrons. The van der Waals surface area contributed by atoms with E-state index in [2.05, 4.69) is 43.5 Å². The lowest BCUT2D eigenvalue weighted by Crippen LogP contribution is -2.55. The number of aromatic nitrogens is 2. The zero-order valence-corrected chi connectivity index (χ0v) is 17.5. The largest absolute Gasteiger partial charge is 0.351 e. The van der Waals surface area contributed by atoms with Crippen molar-refractivity contribution in [2.75, 3.05) is 0 Å². The minimum atomic E-state index is -0.200. The number of nitrogens with zero attached hydrogens (tertiary/aromatic N) is 2. The molecule has 28 heavy (non-hydrogen) atoms. The molecule has 4 atom stereocenters. The predicted molar refractivity (Wildman–Crippen MR) is 111 cm³/mol. The molecule has 2 heterocycles. The van der Waals surface area contributed by atoms with Crippen LogP contribution in [0.4, 0.5) is 0 Å². The first-order valence-electron chi connectivity index (χ1n) is 10.0. The molecule has 2 amide bonds. The van der Waals surface area contributed by atoms with Crippen molar-refractivity contribution in [2.45, 2.75) is 57.5 Å². The van der Waals surface area contributed by atoms with Gasteiger partial charge in [0.1, 0.15) is 5.69 Å². The van der Waals surface area contributed by atoms with Crippen molar-refractivity contribution in [1.82, 2.24) is 20.6 Å². The monoisotopic (exact) mass is 444 g/mol. The first kappa shape index (κ1) is 19.3. The van der Waals surface area contributed by atoms with Crippen molar-refractivity contribution in [3.8, 4) is 0 Å². The molecule has 148 valence electrons. The summed E-state index contributed by atoms with van der Waals surface area (Å²) in [6.07, 6.45) is 9.40. The van der Waals surface area contributed by atoms with Gasteiger partial charge in [0, 0.05) is 35.8 Å². The number of carbonyl (C=O) groups is 2. The van der Waals surface area contributed by atoms with Gasteiger partial charge in [-0.1, -0.05) is 19.8 Å². The van der Waals surface area contributed by atoms with Gasteiger partial charge in [-0.3, -0.25) is 14.6 Å². The first-order valence-corrected chi connectivity index (χ1v) is 10.8. The molecule has 0 saturated heterocycles. The van der Waals surface area contributed by atoms with Crippen LogP contribution in [-0.2, 0) is 4.79 Å². The summed E-state index contributed by atoms with van der Waals surface area (Å²) < 4.78 is 0.761. The predicted octanol–water partition coefficient (Wildman–Crippen LogP) is 3.60. The number of carbonyl (C=O) groups excluding carboxylic acids is 2. The molecule has 2 unspecified atom stereocenters. The number of nitrogens with one attached hydrogen (secondary N) is 2. The maximum absolute atomic E-state index is 12.8. The van der Waals surface area contributed by atoms with E-state index >= 15 is 0 Å². The molecular formula is C21H25BrN4O2. The molecule has 2 fully saturated rings. The summed E-state index contributed by atoms with van der Waals surface area (Å²) in [5, 5.41) is 7.20. The van der Waals surface area contributed by atoms with Crippen LogP contribution in [-0.4, -0.2) is 33.9 Å². The molecule has 2 aromatic heterocycles. The highest BCUT2D eigenvalue weighted by atomic mass is 79.9. The third-order valence-electron chi connectivity index (χ3n) is 6.15. The fourth-order valence-electron chi connectivity index (χ4n) is 4.20. The Hall–Kier alpha value is -2.02. The van der Waals surface area contributed by atoms with E-state index < -0.39 is 0 Å². The lowest BCUT2D eigenvalue weighted by molar-refractivity contribution is -0.131. The van der Waals surface area contributed by atoms with Gasteiger partial charge in [-0.2, -0.15) is 0 Å². The summed E-state index contributed by atoms with van der Waals surface area (Å²) in [5.74, 6) is 0.539. The van der Waals surface area contributed by atoms with E-state index in [4.69, 9.17) is 0 Å². The number of halogens is 1. The van der Waals surface area contributed by atoms with Gasteiger partial charge < -0.3 is 10.6 Å². The van der Waals surface area contributed by atoms with Crippen LogP contribution in [0.25, 0.3) is 10.9 Å². The van der Waals surface area contributed by atoms with E-state index in [-0.39, 0.29) is 29.8 Å². The highest BCUT2D eigenvalue weighted by molar-refractivity contribution is 9.10. The van der Waals surface area contributed by atoms with Crippen LogP contribution in [0.1, 0.15) is 55.9 Å². The van der Waals surface area contributed by atoms with Crippen molar-refractivity contribution in [2.24, 2.45) is 11.8 Å². The third-order valence-corrected chi connectivity index (χ3v) is 6.73.